The number of amides is 1. The monoisotopic (exact) mass is 390 g/mol. The molecule has 2 rings (SSSR count). The Morgan fingerprint density at radius 2 is 2.00 bits per heavy atom. The van der Waals surface area contributed by atoms with E-state index in [1.807, 2.05) is 0 Å². The third-order valence-corrected chi connectivity index (χ3v) is 5.78. The summed E-state index contributed by atoms with van der Waals surface area (Å²) in [6.45, 7) is 1.45. The Bertz CT molecular complexity index is 778. The van der Waals surface area contributed by atoms with Gasteiger partial charge in [-0.1, -0.05) is 16.1 Å². The molecule has 0 saturated heterocycles. The second kappa shape index (κ2) is 7.69. The van der Waals surface area contributed by atoms with Crippen molar-refractivity contribution in [1.29, 1.82) is 0 Å². The Labute approximate surface area is 151 Å². The van der Waals surface area contributed by atoms with Gasteiger partial charge < -0.3 is 10.1 Å². The number of nitrogens with zero attached hydrogens (tertiary/aromatic N) is 1. The van der Waals surface area contributed by atoms with E-state index in [0.29, 0.717) is 4.47 Å². The van der Waals surface area contributed by atoms with Crippen LogP contribution in [0.5, 0.6) is 0 Å². The summed E-state index contributed by atoms with van der Waals surface area (Å²) in [5.74, 6) is -1.22. The fraction of sp³-hybridized carbons (Fsp3) is 0.467. The van der Waals surface area contributed by atoms with Gasteiger partial charge in [-0.15, -0.1) is 0 Å². The average molecular weight is 391 g/mol. The van der Waals surface area contributed by atoms with Crippen molar-refractivity contribution in [3.05, 3.63) is 28.8 Å². The maximum Gasteiger partial charge on any atom is 0.338 e. The molecule has 138 valence electrons. The lowest BCUT2D eigenvalue weighted by atomic mass is 10.2. The van der Waals surface area contributed by atoms with Crippen molar-refractivity contribution in [3.8, 4) is 0 Å². The summed E-state index contributed by atoms with van der Waals surface area (Å²) in [4.78, 5) is 28.4. The normalized spacial score (nSPS) is 15.7. The number of sulfonamides is 1. The third-order valence-electron chi connectivity index (χ3n) is 3.62. The summed E-state index contributed by atoms with van der Waals surface area (Å²) < 4.78 is 30.3. The number of rotatable bonds is 7. The topological polar surface area (TPSA) is 102 Å². The van der Waals surface area contributed by atoms with Crippen molar-refractivity contribution < 1.29 is 27.6 Å². The van der Waals surface area contributed by atoms with Gasteiger partial charge >= 0.3 is 5.97 Å². The Morgan fingerprint density at radius 3 is 2.56 bits per heavy atom. The third kappa shape index (κ3) is 4.69. The fourth-order valence-electron chi connectivity index (χ4n) is 1.89. The lowest BCUT2D eigenvalue weighted by molar-refractivity contribution is -0.129. The minimum atomic E-state index is -4.04. The van der Waals surface area contributed by atoms with Gasteiger partial charge in [0.05, 0.1) is 17.7 Å². The molecule has 0 spiro atoms. The van der Waals surface area contributed by atoms with E-state index in [4.69, 9.17) is 16.3 Å². The molecule has 1 aromatic carbocycles. The van der Waals surface area contributed by atoms with Gasteiger partial charge in [-0.25, -0.2) is 13.2 Å². The van der Waals surface area contributed by atoms with Crippen molar-refractivity contribution in [1.82, 2.24) is 9.79 Å². The zero-order valence-corrected chi connectivity index (χ0v) is 15.6. The summed E-state index contributed by atoms with van der Waals surface area (Å²) in [5, 5.41) is 2.65. The van der Waals surface area contributed by atoms with Gasteiger partial charge in [0.25, 0.3) is 15.9 Å². The summed E-state index contributed by atoms with van der Waals surface area (Å²) in [6, 6.07) is 3.82. The first kappa shape index (κ1) is 19.6. The number of carbonyl (C=O) groups excluding carboxylic acids is 2. The van der Waals surface area contributed by atoms with Crippen LogP contribution in [0, 0.1) is 0 Å². The van der Waals surface area contributed by atoms with E-state index in [9.17, 15) is 18.0 Å². The van der Waals surface area contributed by atoms with E-state index < -0.39 is 28.0 Å². The minimum Gasteiger partial charge on any atom is -0.449 e. The molecule has 0 unspecified atom stereocenters. The van der Waals surface area contributed by atoms with Crippen LogP contribution in [0.15, 0.2) is 23.1 Å². The van der Waals surface area contributed by atoms with Crippen LogP contribution in [-0.4, -0.2) is 51.1 Å². The van der Waals surface area contributed by atoms with Crippen molar-refractivity contribution in [2.24, 2.45) is 0 Å². The van der Waals surface area contributed by atoms with E-state index in [0.717, 1.165) is 18.9 Å². The Hall–Kier alpha value is -1.68. The van der Waals surface area contributed by atoms with Crippen molar-refractivity contribution in [3.63, 3.8) is 0 Å². The van der Waals surface area contributed by atoms with Crippen LogP contribution in [0.3, 0.4) is 0 Å². The summed E-state index contributed by atoms with van der Waals surface area (Å²) in [7, 11) is -1.66. The predicted molar refractivity (Wildman–Crippen MR) is 89.5 cm³/mol. The molecule has 1 aromatic rings. The molecule has 0 radical (unpaired) electrons. The van der Waals surface area contributed by atoms with Crippen LogP contribution in [0.4, 0.5) is 0 Å². The molecule has 0 aromatic heterocycles. The van der Waals surface area contributed by atoms with Crippen LogP contribution in [0.2, 0.25) is 5.02 Å². The number of esters is 1. The maximum atomic E-state index is 12.3. The van der Waals surface area contributed by atoms with Gasteiger partial charge in [-0.2, -0.15) is 0 Å². The van der Waals surface area contributed by atoms with E-state index in [2.05, 4.69) is 10.2 Å². The Kier molecular flexibility index (Phi) is 6.04. The Morgan fingerprint density at radius 1 is 1.36 bits per heavy atom. The number of nitrogens with one attached hydrogen (secondary N) is 1. The van der Waals surface area contributed by atoms with Gasteiger partial charge in [0.2, 0.25) is 0 Å². The molecule has 0 heterocycles. The molecule has 1 fully saturated rings. The molecular weight excluding hydrogens is 372 g/mol. The van der Waals surface area contributed by atoms with Gasteiger partial charge in [0.1, 0.15) is 4.90 Å². The summed E-state index contributed by atoms with van der Waals surface area (Å²) in [5.41, 5.74) is -0.0430. The van der Waals surface area contributed by atoms with Crippen LogP contribution < -0.4 is 5.32 Å². The van der Waals surface area contributed by atoms with Crippen molar-refractivity contribution in [2.45, 2.75) is 36.8 Å². The SMILES string of the molecule is CON(C)S(=O)(=O)c1cc(C(=O)O[C@@H](C)C(=O)NC2CC2)ccc1Cl. The van der Waals surface area contributed by atoms with E-state index in [-0.39, 0.29) is 21.5 Å². The molecule has 10 heteroatoms. The van der Waals surface area contributed by atoms with E-state index in [1.54, 1.807) is 0 Å². The van der Waals surface area contributed by atoms with Crippen LogP contribution in [0.25, 0.3) is 0 Å². The van der Waals surface area contributed by atoms with Crippen LogP contribution in [0.1, 0.15) is 30.1 Å². The molecule has 1 N–H and O–H groups in total. The number of ether oxygens (including phenoxy) is 1. The van der Waals surface area contributed by atoms with Crippen LogP contribution >= 0.6 is 11.6 Å². The Balaban J connectivity index is 2.17. The molecule has 1 atom stereocenters. The maximum absolute atomic E-state index is 12.3. The quantitative estimate of drug-likeness (QED) is 0.557. The first-order valence-electron chi connectivity index (χ1n) is 7.50. The predicted octanol–water partition coefficient (Wildman–Crippen LogP) is 1.35. The van der Waals surface area contributed by atoms with Gasteiger partial charge in [0.15, 0.2) is 6.10 Å². The fourth-order valence-corrected chi connectivity index (χ4v) is 3.37. The molecule has 8 nitrogen and oxygen atoms in total. The minimum absolute atomic E-state index is 0.0430. The molecule has 0 aliphatic heterocycles. The molecule has 1 saturated carbocycles. The second-order valence-electron chi connectivity index (χ2n) is 5.57. The summed E-state index contributed by atoms with van der Waals surface area (Å²) >= 11 is 5.93. The van der Waals surface area contributed by atoms with Crippen molar-refractivity contribution >= 4 is 33.5 Å². The molecule has 0 bridgehead atoms. The average Bonchev–Trinajstić information content (AvgIpc) is 3.37. The number of halogens is 1. The number of hydroxylamine groups is 1. The lowest BCUT2D eigenvalue weighted by Crippen LogP contribution is -2.37. The smallest absolute Gasteiger partial charge is 0.338 e. The highest BCUT2D eigenvalue weighted by Crippen LogP contribution is 2.26. The standard InChI is InChI=1S/C15H19ClN2O6S/c1-9(14(19)17-11-5-6-11)24-15(20)10-4-7-12(16)13(8-10)25(21,22)18(2)23-3/h4,7-9,11H,5-6H2,1-3H3,(H,17,19)/t9-/m0/s1. The number of carbonyl (C=O) groups is 2. The molecule has 1 amide bonds. The first-order valence-corrected chi connectivity index (χ1v) is 9.32. The molecular formula is C15H19ClN2O6S. The number of benzene rings is 1. The highest BCUT2D eigenvalue weighted by molar-refractivity contribution is 7.89. The lowest BCUT2D eigenvalue weighted by Gasteiger charge is -2.16. The van der Waals surface area contributed by atoms with E-state index in [1.165, 1.54) is 33.2 Å². The highest BCUT2D eigenvalue weighted by Gasteiger charge is 2.29. The van der Waals surface area contributed by atoms with Crippen molar-refractivity contribution in [2.75, 3.05) is 14.2 Å². The zero-order valence-electron chi connectivity index (χ0n) is 14.0. The first-order chi connectivity index (χ1) is 11.7. The number of hydrogen-bond donors (Lipinski definition) is 1. The molecule has 25 heavy (non-hydrogen) atoms. The van der Waals surface area contributed by atoms with Gasteiger partial charge in [-0.3, -0.25) is 9.63 Å². The van der Waals surface area contributed by atoms with Gasteiger partial charge in [-0.05, 0) is 38.0 Å². The van der Waals surface area contributed by atoms with Gasteiger partial charge in [0, 0.05) is 13.1 Å². The van der Waals surface area contributed by atoms with E-state index >= 15 is 0 Å². The zero-order chi connectivity index (χ0) is 18.8. The largest absolute Gasteiger partial charge is 0.449 e. The number of hydrogen-bond acceptors (Lipinski definition) is 6. The highest BCUT2D eigenvalue weighted by atomic mass is 35.5. The second-order valence-corrected chi connectivity index (χ2v) is 7.88. The molecule has 1 aliphatic rings. The summed E-state index contributed by atoms with van der Waals surface area (Å²) in [6.07, 6.45) is 0.834. The van der Waals surface area contributed by atoms with Crippen LogP contribution in [-0.2, 0) is 24.4 Å². The molecule has 1 aliphatic carbocycles.